The lowest BCUT2D eigenvalue weighted by Gasteiger charge is -2.07. The predicted molar refractivity (Wildman–Crippen MR) is 79.3 cm³/mol. The fraction of sp³-hybridized carbons (Fsp3) is 0.333. The molecule has 2 aromatic rings. The molecule has 0 spiro atoms. The smallest absolute Gasteiger partial charge is 0.271 e. The summed E-state index contributed by atoms with van der Waals surface area (Å²) >= 11 is 0. The lowest BCUT2D eigenvalue weighted by atomic mass is 10.1. The number of carbonyl (C=O) groups is 1. The fourth-order valence-corrected chi connectivity index (χ4v) is 2.10. The first-order chi connectivity index (χ1) is 9.52. The molecule has 5 nitrogen and oxygen atoms in total. The van der Waals surface area contributed by atoms with Gasteiger partial charge in [-0.25, -0.2) is 0 Å². The van der Waals surface area contributed by atoms with Crippen LogP contribution in [0.5, 0.6) is 0 Å². The van der Waals surface area contributed by atoms with E-state index in [4.69, 9.17) is 5.73 Å². The summed E-state index contributed by atoms with van der Waals surface area (Å²) in [5.74, 6) is -0.204. The third kappa shape index (κ3) is 2.82. The van der Waals surface area contributed by atoms with Crippen molar-refractivity contribution < 1.29 is 4.79 Å². The van der Waals surface area contributed by atoms with Gasteiger partial charge in [0.15, 0.2) is 0 Å². The Balaban J connectivity index is 2.04. The number of benzene rings is 1. The van der Waals surface area contributed by atoms with Crippen LogP contribution in [0.15, 0.2) is 24.3 Å². The fourth-order valence-electron chi connectivity index (χ4n) is 2.10. The van der Waals surface area contributed by atoms with Gasteiger partial charge in [0.1, 0.15) is 5.69 Å². The highest BCUT2D eigenvalue weighted by Crippen LogP contribution is 2.15. The highest BCUT2D eigenvalue weighted by atomic mass is 16.2. The van der Waals surface area contributed by atoms with Gasteiger partial charge in [0.25, 0.3) is 5.91 Å². The SMILES string of the molecule is CCc1ccc(CNC(=O)c2c(N)c(C)nn2C)cc1. The Morgan fingerprint density at radius 1 is 1.30 bits per heavy atom. The Bertz CT molecular complexity index is 614. The molecule has 106 valence electrons. The number of hydrogen-bond donors (Lipinski definition) is 2. The molecule has 0 saturated carbocycles. The molecule has 0 radical (unpaired) electrons. The Morgan fingerprint density at radius 3 is 2.40 bits per heavy atom. The Kier molecular flexibility index (Phi) is 4.08. The number of carbonyl (C=O) groups excluding carboxylic acids is 1. The minimum absolute atomic E-state index is 0.204. The largest absolute Gasteiger partial charge is 0.395 e. The van der Waals surface area contributed by atoms with Crippen molar-refractivity contribution >= 4 is 11.6 Å². The van der Waals surface area contributed by atoms with Crippen LogP contribution in [0.25, 0.3) is 0 Å². The van der Waals surface area contributed by atoms with Crippen LogP contribution in [-0.2, 0) is 20.0 Å². The molecule has 0 saturated heterocycles. The first-order valence-corrected chi connectivity index (χ1v) is 6.68. The molecule has 0 unspecified atom stereocenters. The number of aromatic nitrogens is 2. The van der Waals surface area contributed by atoms with E-state index in [1.54, 1.807) is 14.0 Å². The zero-order valence-electron chi connectivity index (χ0n) is 12.1. The molecule has 0 fully saturated rings. The van der Waals surface area contributed by atoms with E-state index in [0.29, 0.717) is 23.6 Å². The average molecular weight is 272 g/mol. The van der Waals surface area contributed by atoms with E-state index in [1.807, 2.05) is 12.1 Å². The summed E-state index contributed by atoms with van der Waals surface area (Å²) in [6.45, 7) is 4.38. The third-order valence-corrected chi connectivity index (χ3v) is 3.37. The van der Waals surface area contributed by atoms with Gasteiger partial charge in [-0.3, -0.25) is 9.48 Å². The van der Waals surface area contributed by atoms with Crippen LogP contribution in [0.2, 0.25) is 0 Å². The summed E-state index contributed by atoms with van der Waals surface area (Å²) in [6, 6.07) is 8.20. The van der Waals surface area contributed by atoms with E-state index < -0.39 is 0 Å². The number of nitrogens with one attached hydrogen (secondary N) is 1. The number of rotatable bonds is 4. The van der Waals surface area contributed by atoms with Crippen LogP contribution in [0.3, 0.4) is 0 Å². The molecule has 2 rings (SSSR count). The van der Waals surface area contributed by atoms with Gasteiger partial charge in [-0.2, -0.15) is 5.10 Å². The molecule has 0 aliphatic heterocycles. The monoisotopic (exact) mass is 272 g/mol. The molecule has 0 bridgehead atoms. The van der Waals surface area contributed by atoms with Crippen LogP contribution in [0, 0.1) is 6.92 Å². The second-order valence-corrected chi connectivity index (χ2v) is 4.82. The lowest BCUT2D eigenvalue weighted by molar-refractivity contribution is 0.0942. The van der Waals surface area contributed by atoms with Gasteiger partial charge in [-0.15, -0.1) is 0 Å². The molecule has 0 aliphatic carbocycles. The summed E-state index contributed by atoms with van der Waals surface area (Å²) in [7, 11) is 1.72. The second-order valence-electron chi connectivity index (χ2n) is 4.82. The van der Waals surface area contributed by atoms with Gasteiger partial charge in [0, 0.05) is 13.6 Å². The van der Waals surface area contributed by atoms with Crippen molar-refractivity contribution in [2.24, 2.45) is 7.05 Å². The topological polar surface area (TPSA) is 72.9 Å². The van der Waals surface area contributed by atoms with Crippen LogP contribution in [0.1, 0.15) is 34.2 Å². The highest BCUT2D eigenvalue weighted by Gasteiger charge is 2.17. The van der Waals surface area contributed by atoms with E-state index in [2.05, 4.69) is 29.5 Å². The second kappa shape index (κ2) is 5.77. The van der Waals surface area contributed by atoms with Crippen molar-refractivity contribution in [1.82, 2.24) is 15.1 Å². The molecule has 20 heavy (non-hydrogen) atoms. The summed E-state index contributed by atoms with van der Waals surface area (Å²) in [6.07, 6.45) is 1.01. The molecule has 1 amide bonds. The van der Waals surface area contributed by atoms with Crippen molar-refractivity contribution in [3.63, 3.8) is 0 Å². The summed E-state index contributed by atoms with van der Waals surface area (Å²) < 4.78 is 1.51. The molecule has 1 aromatic heterocycles. The van der Waals surface area contributed by atoms with Crippen molar-refractivity contribution in [1.29, 1.82) is 0 Å². The molecule has 0 aliphatic rings. The number of nitrogens with two attached hydrogens (primary N) is 1. The van der Waals surface area contributed by atoms with Gasteiger partial charge in [0.05, 0.1) is 11.4 Å². The minimum atomic E-state index is -0.204. The number of nitrogens with zero attached hydrogens (tertiary/aromatic N) is 2. The lowest BCUT2D eigenvalue weighted by Crippen LogP contribution is -2.26. The molecule has 5 heteroatoms. The van der Waals surface area contributed by atoms with Gasteiger partial charge < -0.3 is 11.1 Å². The number of anilines is 1. The molecular weight excluding hydrogens is 252 g/mol. The highest BCUT2D eigenvalue weighted by molar-refractivity contribution is 5.97. The predicted octanol–water partition coefficient (Wildman–Crippen LogP) is 1.80. The summed E-state index contributed by atoms with van der Waals surface area (Å²) in [4.78, 5) is 12.1. The maximum atomic E-state index is 12.1. The summed E-state index contributed by atoms with van der Waals surface area (Å²) in [5.41, 5.74) is 9.73. The van der Waals surface area contributed by atoms with Crippen LogP contribution < -0.4 is 11.1 Å². The number of amides is 1. The van der Waals surface area contributed by atoms with Crippen molar-refractivity contribution in [2.45, 2.75) is 26.8 Å². The maximum absolute atomic E-state index is 12.1. The zero-order chi connectivity index (χ0) is 14.7. The van der Waals surface area contributed by atoms with Crippen molar-refractivity contribution in [2.75, 3.05) is 5.73 Å². The standard InChI is InChI=1S/C15H20N4O/c1-4-11-5-7-12(8-6-11)9-17-15(20)14-13(16)10(2)18-19(14)3/h5-8H,4,9,16H2,1-3H3,(H,17,20). The maximum Gasteiger partial charge on any atom is 0.271 e. The molecular formula is C15H20N4O. The first kappa shape index (κ1) is 14.1. The van der Waals surface area contributed by atoms with Gasteiger partial charge >= 0.3 is 0 Å². The quantitative estimate of drug-likeness (QED) is 0.891. The molecule has 0 atom stereocenters. The van der Waals surface area contributed by atoms with Crippen molar-refractivity contribution in [3.8, 4) is 0 Å². The van der Waals surface area contributed by atoms with E-state index in [-0.39, 0.29) is 5.91 Å². The van der Waals surface area contributed by atoms with Gasteiger partial charge in [0.2, 0.25) is 0 Å². The van der Waals surface area contributed by atoms with E-state index in [9.17, 15) is 4.79 Å². The molecule has 1 heterocycles. The Morgan fingerprint density at radius 2 is 1.90 bits per heavy atom. The molecule has 1 aromatic carbocycles. The van der Waals surface area contributed by atoms with Crippen molar-refractivity contribution in [3.05, 3.63) is 46.8 Å². The van der Waals surface area contributed by atoms with E-state index in [1.165, 1.54) is 10.2 Å². The molecule has 3 N–H and O–H groups in total. The van der Waals surface area contributed by atoms with Gasteiger partial charge in [-0.1, -0.05) is 31.2 Å². The number of aryl methyl sites for hydroxylation is 3. The first-order valence-electron chi connectivity index (χ1n) is 6.68. The van der Waals surface area contributed by atoms with Crippen LogP contribution >= 0.6 is 0 Å². The van der Waals surface area contributed by atoms with E-state index >= 15 is 0 Å². The summed E-state index contributed by atoms with van der Waals surface area (Å²) in [5, 5.41) is 7.01. The number of hydrogen-bond acceptors (Lipinski definition) is 3. The van der Waals surface area contributed by atoms with Crippen LogP contribution in [-0.4, -0.2) is 15.7 Å². The van der Waals surface area contributed by atoms with Crippen LogP contribution in [0.4, 0.5) is 5.69 Å². The minimum Gasteiger partial charge on any atom is -0.395 e. The average Bonchev–Trinajstić information content (AvgIpc) is 2.70. The van der Waals surface area contributed by atoms with E-state index in [0.717, 1.165) is 12.0 Å². The third-order valence-electron chi connectivity index (χ3n) is 3.37. The zero-order valence-corrected chi connectivity index (χ0v) is 12.1. The normalized spacial score (nSPS) is 10.6. The van der Waals surface area contributed by atoms with Gasteiger partial charge in [-0.05, 0) is 24.5 Å². The Hall–Kier alpha value is -2.30. The number of nitrogen functional groups attached to an aromatic ring is 1. The Labute approximate surface area is 118 Å².